The Labute approximate surface area is 136 Å². The summed E-state index contributed by atoms with van der Waals surface area (Å²) in [7, 11) is 1.64. The van der Waals surface area contributed by atoms with Crippen molar-refractivity contribution >= 4 is 22.5 Å². The number of fused-ring (bicyclic) bond motifs is 1. The van der Waals surface area contributed by atoms with Crippen LogP contribution in [-0.2, 0) is 0 Å². The molecule has 5 heteroatoms. The predicted octanol–water partition coefficient (Wildman–Crippen LogP) is 2.62. The van der Waals surface area contributed by atoms with E-state index in [1.54, 1.807) is 7.05 Å². The number of anilines is 1. The van der Waals surface area contributed by atoms with Crippen LogP contribution in [0, 0.1) is 6.92 Å². The Kier molecular flexibility index (Phi) is 4.48. The van der Waals surface area contributed by atoms with Crippen molar-refractivity contribution in [3.05, 3.63) is 35.5 Å². The monoisotopic (exact) mass is 313 g/mol. The smallest absolute Gasteiger partial charge is 0.251 e. The predicted molar refractivity (Wildman–Crippen MR) is 91.8 cm³/mol. The summed E-state index contributed by atoms with van der Waals surface area (Å²) < 4.78 is 0. The van der Waals surface area contributed by atoms with Crippen molar-refractivity contribution in [1.29, 1.82) is 0 Å². The van der Waals surface area contributed by atoms with E-state index in [1.807, 2.05) is 31.3 Å². The number of hydrogen-bond donors (Lipinski definition) is 3. The largest absolute Gasteiger partial charge is 0.393 e. The summed E-state index contributed by atoms with van der Waals surface area (Å²) in [5.74, 6) is 0.745. The first kappa shape index (κ1) is 15.7. The number of nitrogens with zero attached hydrogens (tertiary/aromatic N) is 1. The van der Waals surface area contributed by atoms with Crippen molar-refractivity contribution in [1.82, 2.24) is 10.3 Å². The molecule has 0 radical (unpaired) electrons. The first-order chi connectivity index (χ1) is 11.1. The number of carbonyl (C=O) groups excluding carboxylic acids is 1. The number of aliphatic hydroxyl groups excluding tert-OH is 1. The van der Waals surface area contributed by atoms with E-state index in [4.69, 9.17) is 0 Å². The minimum Gasteiger partial charge on any atom is -0.393 e. The molecule has 1 fully saturated rings. The van der Waals surface area contributed by atoms with E-state index >= 15 is 0 Å². The molecule has 0 aliphatic heterocycles. The average Bonchev–Trinajstić information content (AvgIpc) is 2.56. The fourth-order valence-corrected chi connectivity index (χ4v) is 3.22. The Hall–Kier alpha value is -2.14. The van der Waals surface area contributed by atoms with Gasteiger partial charge in [0, 0.05) is 30.2 Å². The van der Waals surface area contributed by atoms with Crippen LogP contribution in [0.3, 0.4) is 0 Å². The quantitative estimate of drug-likeness (QED) is 0.814. The highest BCUT2D eigenvalue weighted by molar-refractivity contribution is 5.99. The molecule has 1 saturated carbocycles. The van der Waals surface area contributed by atoms with Gasteiger partial charge in [0.05, 0.1) is 6.10 Å². The highest BCUT2D eigenvalue weighted by Gasteiger charge is 2.19. The zero-order valence-electron chi connectivity index (χ0n) is 13.6. The summed E-state index contributed by atoms with van der Waals surface area (Å²) >= 11 is 0. The van der Waals surface area contributed by atoms with E-state index in [0.717, 1.165) is 47.8 Å². The molecule has 1 aromatic carbocycles. The molecule has 0 unspecified atom stereocenters. The van der Waals surface area contributed by atoms with Gasteiger partial charge in [0.15, 0.2) is 0 Å². The van der Waals surface area contributed by atoms with Crippen molar-refractivity contribution in [2.24, 2.45) is 0 Å². The van der Waals surface area contributed by atoms with Gasteiger partial charge in [0.2, 0.25) is 0 Å². The van der Waals surface area contributed by atoms with E-state index in [9.17, 15) is 9.90 Å². The SMILES string of the molecule is CNC(=O)c1cc(C)c2cnc(N[C@H]3CC[C@H](O)CC3)cc2c1. The summed E-state index contributed by atoms with van der Waals surface area (Å²) in [6, 6.07) is 6.14. The van der Waals surface area contributed by atoms with Crippen LogP contribution >= 0.6 is 0 Å². The Morgan fingerprint density at radius 3 is 2.65 bits per heavy atom. The third kappa shape index (κ3) is 3.45. The highest BCUT2D eigenvalue weighted by Crippen LogP contribution is 2.25. The second-order valence-corrected chi connectivity index (χ2v) is 6.31. The number of hydrogen-bond acceptors (Lipinski definition) is 4. The lowest BCUT2D eigenvalue weighted by molar-refractivity contribution is 0.0963. The normalized spacial score (nSPS) is 21.2. The second kappa shape index (κ2) is 6.54. The number of benzene rings is 1. The molecule has 0 saturated heterocycles. The molecule has 5 nitrogen and oxygen atoms in total. The maximum atomic E-state index is 11.9. The zero-order chi connectivity index (χ0) is 16.4. The molecule has 0 bridgehead atoms. The fraction of sp³-hybridized carbons (Fsp3) is 0.444. The van der Waals surface area contributed by atoms with Gasteiger partial charge in [-0.3, -0.25) is 4.79 Å². The lowest BCUT2D eigenvalue weighted by atomic mass is 9.93. The molecule has 1 aromatic heterocycles. The number of aliphatic hydroxyl groups is 1. The molecule has 1 aliphatic rings. The third-order valence-electron chi connectivity index (χ3n) is 4.58. The van der Waals surface area contributed by atoms with E-state index in [0.29, 0.717) is 11.6 Å². The maximum absolute atomic E-state index is 11.9. The van der Waals surface area contributed by atoms with Crippen molar-refractivity contribution in [2.45, 2.75) is 44.8 Å². The van der Waals surface area contributed by atoms with Gasteiger partial charge in [0.1, 0.15) is 5.82 Å². The molecule has 122 valence electrons. The lowest BCUT2D eigenvalue weighted by Crippen LogP contribution is -2.28. The molecule has 3 N–H and O–H groups in total. The number of carbonyl (C=O) groups is 1. The van der Waals surface area contributed by atoms with E-state index < -0.39 is 0 Å². The van der Waals surface area contributed by atoms with Gasteiger partial charge in [-0.05, 0) is 61.8 Å². The van der Waals surface area contributed by atoms with E-state index in [2.05, 4.69) is 15.6 Å². The van der Waals surface area contributed by atoms with Crippen LogP contribution in [0.1, 0.15) is 41.6 Å². The summed E-state index contributed by atoms with van der Waals surface area (Å²) in [6.45, 7) is 1.99. The van der Waals surface area contributed by atoms with Crippen molar-refractivity contribution < 1.29 is 9.90 Å². The summed E-state index contributed by atoms with van der Waals surface area (Å²) in [5.41, 5.74) is 1.70. The average molecular weight is 313 g/mol. The highest BCUT2D eigenvalue weighted by atomic mass is 16.3. The molecule has 3 rings (SSSR count). The standard InChI is InChI=1S/C18H23N3O2/c1-11-7-13(18(23)19-2)8-12-9-17(20-10-16(11)12)21-14-3-5-15(22)6-4-14/h7-10,14-15,22H,3-6H2,1-2H3,(H,19,23)(H,20,21)/t14-,15-. The number of nitrogens with one attached hydrogen (secondary N) is 2. The minimum atomic E-state index is -0.157. The van der Waals surface area contributed by atoms with Crippen LogP contribution in [0.25, 0.3) is 10.8 Å². The molecular weight excluding hydrogens is 290 g/mol. The van der Waals surface area contributed by atoms with Crippen molar-refractivity contribution in [2.75, 3.05) is 12.4 Å². The van der Waals surface area contributed by atoms with Crippen LogP contribution in [0.4, 0.5) is 5.82 Å². The second-order valence-electron chi connectivity index (χ2n) is 6.31. The van der Waals surface area contributed by atoms with Gasteiger partial charge >= 0.3 is 0 Å². The summed E-state index contributed by atoms with van der Waals surface area (Å²) in [6.07, 6.45) is 5.29. The first-order valence-corrected chi connectivity index (χ1v) is 8.14. The molecule has 23 heavy (non-hydrogen) atoms. The maximum Gasteiger partial charge on any atom is 0.251 e. The first-order valence-electron chi connectivity index (χ1n) is 8.14. The van der Waals surface area contributed by atoms with Gasteiger partial charge in [-0.25, -0.2) is 4.98 Å². The van der Waals surface area contributed by atoms with Gasteiger partial charge in [-0.2, -0.15) is 0 Å². The van der Waals surface area contributed by atoms with Gasteiger partial charge < -0.3 is 15.7 Å². The van der Waals surface area contributed by atoms with Crippen LogP contribution in [0.15, 0.2) is 24.4 Å². The Morgan fingerprint density at radius 2 is 1.96 bits per heavy atom. The Bertz CT molecular complexity index is 722. The van der Waals surface area contributed by atoms with Gasteiger partial charge in [0.25, 0.3) is 5.91 Å². The van der Waals surface area contributed by atoms with Gasteiger partial charge in [-0.15, -0.1) is 0 Å². The van der Waals surface area contributed by atoms with Crippen LogP contribution in [-0.4, -0.2) is 35.2 Å². The topological polar surface area (TPSA) is 74.2 Å². The zero-order valence-corrected chi connectivity index (χ0v) is 13.6. The number of amides is 1. The van der Waals surface area contributed by atoms with E-state index in [-0.39, 0.29) is 12.0 Å². The van der Waals surface area contributed by atoms with Crippen LogP contribution < -0.4 is 10.6 Å². The molecule has 1 amide bonds. The van der Waals surface area contributed by atoms with Crippen molar-refractivity contribution in [3.63, 3.8) is 0 Å². The molecule has 0 spiro atoms. The number of pyridine rings is 1. The molecule has 0 atom stereocenters. The number of aryl methyl sites for hydroxylation is 1. The fourth-order valence-electron chi connectivity index (χ4n) is 3.22. The third-order valence-corrected chi connectivity index (χ3v) is 4.58. The summed E-state index contributed by atoms with van der Waals surface area (Å²) in [5, 5.41) is 17.8. The van der Waals surface area contributed by atoms with Gasteiger partial charge in [-0.1, -0.05) is 0 Å². The Morgan fingerprint density at radius 1 is 1.22 bits per heavy atom. The number of rotatable bonds is 3. The van der Waals surface area contributed by atoms with Crippen molar-refractivity contribution in [3.8, 4) is 0 Å². The Balaban J connectivity index is 1.86. The molecular formula is C18H23N3O2. The molecule has 2 aromatic rings. The minimum absolute atomic E-state index is 0.0809. The van der Waals surface area contributed by atoms with Crippen LogP contribution in [0.5, 0.6) is 0 Å². The molecule has 1 aliphatic carbocycles. The van der Waals surface area contributed by atoms with Crippen LogP contribution in [0.2, 0.25) is 0 Å². The number of aromatic nitrogens is 1. The van der Waals surface area contributed by atoms with E-state index in [1.165, 1.54) is 0 Å². The summed E-state index contributed by atoms with van der Waals surface area (Å²) in [4.78, 5) is 16.4. The lowest BCUT2D eigenvalue weighted by Gasteiger charge is -2.26. The molecule has 1 heterocycles.